The van der Waals surface area contributed by atoms with Gasteiger partial charge in [0.05, 0.1) is 31.2 Å². The van der Waals surface area contributed by atoms with Crippen molar-refractivity contribution in [1.29, 1.82) is 0 Å². The van der Waals surface area contributed by atoms with Crippen LogP contribution in [-0.2, 0) is 25.2 Å². The molecule has 1 saturated carbocycles. The molecule has 214 valence electrons. The average Bonchev–Trinajstić information content (AvgIpc) is 3.68. The van der Waals surface area contributed by atoms with Crippen LogP contribution in [0.5, 0.6) is 0 Å². The van der Waals surface area contributed by atoms with E-state index in [1.54, 1.807) is 0 Å². The number of nitrogens with zero attached hydrogens (tertiary/aromatic N) is 7. The van der Waals surface area contributed by atoms with Crippen molar-refractivity contribution in [2.24, 2.45) is 0 Å². The molecule has 4 heterocycles. The summed E-state index contributed by atoms with van der Waals surface area (Å²) >= 11 is 6.19. The number of rotatable bonds is 11. The monoisotopic (exact) mass is 589 g/mol. The van der Waals surface area contributed by atoms with E-state index in [0.717, 1.165) is 25.7 Å². The molecule has 2 aliphatic rings. The van der Waals surface area contributed by atoms with Crippen molar-refractivity contribution in [1.82, 2.24) is 40.4 Å². The summed E-state index contributed by atoms with van der Waals surface area (Å²) in [5.41, 5.74) is 0.273. The molecule has 2 fully saturated rings. The fourth-order valence-electron chi connectivity index (χ4n) is 4.91. The molecular formula is C20H29ClN9O8P. The maximum absolute atomic E-state index is 12.5. The van der Waals surface area contributed by atoms with Crippen LogP contribution >= 0.6 is 19.2 Å². The maximum Gasteiger partial charge on any atom is 0.359 e. The molecule has 1 aliphatic carbocycles. The van der Waals surface area contributed by atoms with Gasteiger partial charge in [0, 0.05) is 13.2 Å². The first-order chi connectivity index (χ1) is 18.6. The molecule has 1 aliphatic heterocycles. The van der Waals surface area contributed by atoms with Crippen LogP contribution in [0.1, 0.15) is 37.7 Å². The summed E-state index contributed by atoms with van der Waals surface area (Å²) in [5.74, 6) is 0.478. The van der Waals surface area contributed by atoms with E-state index in [1.807, 2.05) is 0 Å². The van der Waals surface area contributed by atoms with Crippen LogP contribution in [0.15, 0.2) is 6.20 Å². The Kier molecular flexibility index (Phi) is 8.15. The second kappa shape index (κ2) is 11.3. The number of methoxy groups -OCH3 is 1. The van der Waals surface area contributed by atoms with E-state index in [4.69, 9.17) is 25.8 Å². The fraction of sp³-hybridized carbons (Fsp3) is 0.700. The van der Waals surface area contributed by atoms with Gasteiger partial charge in [-0.3, -0.25) is 4.57 Å². The van der Waals surface area contributed by atoms with Crippen molar-refractivity contribution in [3.8, 4) is 0 Å². The van der Waals surface area contributed by atoms with Crippen molar-refractivity contribution in [2.45, 2.75) is 68.0 Å². The third-order valence-electron chi connectivity index (χ3n) is 6.94. The second-order valence-electron chi connectivity index (χ2n) is 9.58. The predicted molar refractivity (Wildman–Crippen MR) is 133 cm³/mol. The average molecular weight is 590 g/mol. The highest BCUT2D eigenvalue weighted by Crippen LogP contribution is 2.53. The number of halogens is 1. The van der Waals surface area contributed by atoms with Crippen LogP contribution in [0.2, 0.25) is 5.28 Å². The largest absolute Gasteiger partial charge is 0.387 e. The number of H-pyrrole nitrogens is 1. The molecule has 0 aromatic carbocycles. The molecule has 0 amide bonds. The van der Waals surface area contributed by atoms with E-state index in [2.05, 4.69) is 41.0 Å². The van der Waals surface area contributed by atoms with E-state index in [0.29, 0.717) is 11.2 Å². The summed E-state index contributed by atoms with van der Waals surface area (Å²) in [6.07, 6.45) is -0.0925. The third-order valence-corrected chi connectivity index (χ3v) is 8.59. The zero-order valence-electron chi connectivity index (χ0n) is 20.8. The number of aromatic nitrogens is 8. The summed E-state index contributed by atoms with van der Waals surface area (Å²) in [4.78, 5) is 28.8. The van der Waals surface area contributed by atoms with Crippen LogP contribution in [-0.4, -0.2) is 110 Å². The van der Waals surface area contributed by atoms with E-state index in [1.165, 1.54) is 18.0 Å². The lowest BCUT2D eigenvalue weighted by Gasteiger charge is -2.33. The first kappa shape index (κ1) is 28.2. The van der Waals surface area contributed by atoms with Crippen LogP contribution in [0.25, 0.3) is 11.0 Å². The Balaban J connectivity index is 1.37. The van der Waals surface area contributed by atoms with Gasteiger partial charge < -0.3 is 39.5 Å². The molecule has 6 N–H and O–H groups in total. The molecule has 39 heavy (non-hydrogen) atoms. The van der Waals surface area contributed by atoms with Crippen molar-refractivity contribution >= 4 is 36.0 Å². The molecule has 5 rings (SSSR count). The molecule has 17 nitrogen and oxygen atoms in total. The topological polar surface area (TPSA) is 236 Å². The van der Waals surface area contributed by atoms with E-state index in [9.17, 15) is 24.6 Å². The quantitative estimate of drug-likeness (QED) is 0.125. The van der Waals surface area contributed by atoms with Gasteiger partial charge >= 0.3 is 7.60 Å². The predicted octanol–water partition coefficient (Wildman–Crippen LogP) is -0.254. The van der Waals surface area contributed by atoms with Gasteiger partial charge in [0.15, 0.2) is 23.0 Å². The van der Waals surface area contributed by atoms with Crippen LogP contribution in [0, 0.1) is 0 Å². The fourth-order valence-corrected chi connectivity index (χ4v) is 5.96. The van der Waals surface area contributed by atoms with Gasteiger partial charge in [-0.15, -0.1) is 10.2 Å². The molecule has 0 bridgehead atoms. The Hall–Kier alpha value is -2.34. The Morgan fingerprint density at radius 1 is 1.28 bits per heavy atom. The Labute approximate surface area is 226 Å². The van der Waals surface area contributed by atoms with Gasteiger partial charge in [0.1, 0.15) is 24.1 Å². The number of hydrogen-bond acceptors (Lipinski definition) is 13. The molecule has 0 radical (unpaired) electrons. The summed E-state index contributed by atoms with van der Waals surface area (Å²) in [6, 6.07) is 0.244. The Bertz CT molecular complexity index is 1320. The molecule has 0 spiro atoms. The van der Waals surface area contributed by atoms with Gasteiger partial charge in [-0.25, -0.2) is 4.68 Å². The van der Waals surface area contributed by atoms with Gasteiger partial charge in [-0.1, -0.05) is 18.1 Å². The lowest BCUT2D eigenvalue weighted by atomic mass is 10.1. The zero-order valence-corrected chi connectivity index (χ0v) is 22.4. The standard InChI is InChI=1S/C20H29ClN9O8P/c1-36-9-20(39(33,34)35,6-13-26-28-29-27-13)37-8-12-14(31)15(32)18(38-12)30-17-11(7-22-30)16(24-19(21)25-17)23-10-4-2-3-5-10/h7,10,12,14-15,18,31-32H,2-6,8-9H2,1H3,(H,23,24,25)(H2,33,34,35)(H,26,27,28,29)/t12-,14-,15-,18-,20+/m1/s1. The minimum atomic E-state index is -5.00. The van der Waals surface area contributed by atoms with E-state index in [-0.39, 0.29) is 22.8 Å². The SMILES string of the molecule is COC[C@@](Cc1nn[nH]n1)(OC[C@H]1O[C@@H](n2ncc3c(NC4CCCC4)nc(Cl)nc32)[C@H](O)[C@@H]1O)P(=O)(O)O. The van der Waals surface area contributed by atoms with E-state index < -0.39 is 57.1 Å². The molecule has 19 heteroatoms. The lowest BCUT2D eigenvalue weighted by Crippen LogP contribution is -2.44. The number of anilines is 1. The number of hydrogen-bond donors (Lipinski definition) is 6. The molecular weight excluding hydrogens is 561 g/mol. The van der Waals surface area contributed by atoms with Crippen molar-refractivity contribution in [3.05, 3.63) is 17.3 Å². The maximum atomic E-state index is 12.5. The molecule has 5 atom stereocenters. The van der Waals surface area contributed by atoms with E-state index >= 15 is 0 Å². The van der Waals surface area contributed by atoms with Crippen molar-refractivity contribution < 1.29 is 38.8 Å². The number of aromatic amines is 1. The second-order valence-corrected chi connectivity index (χ2v) is 11.8. The highest BCUT2D eigenvalue weighted by atomic mass is 35.5. The Morgan fingerprint density at radius 3 is 2.72 bits per heavy atom. The third kappa shape index (κ3) is 5.64. The van der Waals surface area contributed by atoms with Gasteiger partial charge in [-0.05, 0) is 24.4 Å². The summed E-state index contributed by atoms with van der Waals surface area (Å²) in [7, 11) is -3.75. The number of fused-ring (bicyclic) bond motifs is 1. The zero-order chi connectivity index (χ0) is 27.8. The van der Waals surface area contributed by atoms with Gasteiger partial charge in [0.2, 0.25) is 5.28 Å². The number of aliphatic hydroxyl groups is 2. The number of ether oxygens (including phenoxy) is 3. The minimum Gasteiger partial charge on any atom is -0.387 e. The van der Waals surface area contributed by atoms with Gasteiger partial charge in [0.25, 0.3) is 0 Å². The smallest absolute Gasteiger partial charge is 0.359 e. The van der Waals surface area contributed by atoms with Crippen LogP contribution < -0.4 is 5.32 Å². The first-order valence-electron chi connectivity index (χ1n) is 12.2. The summed E-state index contributed by atoms with van der Waals surface area (Å²) in [6.45, 7) is -1.05. The lowest BCUT2D eigenvalue weighted by molar-refractivity contribution is -0.113. The van der Waals surface area contributed by atoms with Crippen molar-refractivity contribution in [2.75, 3.05) is 25.6 Å². The molecule has 0 unspecified atom stereocenters. The highest BCUT2D eigenvalue weighted by Gasteiger charge is 2.52. The van der Waals surface area contributed by atoms with Crippen molar-refractivity contribution in [3.63, 3.8) is 0 Å². The first-order valence-corrected chi connectivity index (χ1v) is 14.2. The number of nitrogens with one attached hydrogen (secondary N) is 2. The van der Waals surface area contributed by atoms with Crippen LogP contribution in [0.3, 0.4) is 0 Å². The molecule has 3 aromatic heterocycles. The summed E-state index contributed by atoms with van der Waals surface area (Å²) < 4.78 is 30.4. The number of tetrazole rings is 1. The Morgan fingerprint density at radius 2 is 2.05 bits per heavy atom. The van der Waals surface area contributed by atoms with Crippen LogP contribution in [0.4, 0.5) is 5.82 Å². The number of aliphatic hydroxyl groups excluding tert-OH is 2. The molecule has 1 saturated heterocycles. The minimum absolute atomic E-state index is 0.0252. The highest BCUT2D eigenvalue weighted by molar-refractivity contribution is 7.53. The summed E-state index contributed by atoms with van der Waals surface area (Å²) in [5, 5.41) is 40.7. The normalized spacial score (nSPS) is 25.9. The molecule has 3 aromatic rings. The van der Waals surface area contributed by atoms with Gasteiger partial charge in [-0.2, -0.15) is 20.3 Å².